The molecule has 0 aliphatic carbocycles. The minimum atomic E-state index is 0.0536. The first kappa shape index (κ1) is 17.1. The zero-order chi connectivity index (χ0) is 12.8. The fourth-order valence-corrected chi connectivity index (χ4v) is 0.984. The number of hydrogen-bond acceptors (Lipinski definition) is 2. The number of aliphatic hydroxyl groups excluding tert-OH is 1. The van der Waals surface area contributed by atoms with Gasteiger partial charge in [0, 0.05) is 5.56 Å². The van der Waals surface area contributed by atoms with Crippen LogP contribution >= 0.6 is 0 Å². The van der Waals surface area contributed by atoms with Gasteiger partial charge in [-0.05, 0) is 6.07 Å². The molecule has 0 aliphatic rings. The summed E-state index contributed by atoms with van der Waals surface area (Å²) in [6, 6.07) is 7.66. The van der Waals surface area contributed by atoms with Crippen molar-refractivity contribution in [3.05, 3.63) is 35.9 Å². The van der Waals surface area contributed by atoms with Gasteiger partial charge < -0.3 is 9.84 Å². The highest BCUT2D eigenvalue weighted by atomic mass is 16.5. The molecule has 0 atom stereocenters. The van der Waals surface area contributed by atoms with Gasteiger partial charge in [0.05, 0.1) is 13.7 Å². The van der Waals surface area contributed by atoms with E-state index in [9.17, 15) is 0 Å². The molecule has 2 heteroatoms. The lowest BCUT2D eigenvalue weighted by Gasteiger charge is -2.02. The summed E-state index contributed by atoms with van der Waals surface area (Å²) in [5.41, 5.74) is 0.981. The molecule has 0 unspecified atom stereocenters. The Balaban J connectivity index is 0. The second-order valence-electron chi connectivity index (χ2n) is 2.33. The van der Waals surface area contributed by atoms with Gasteiger partial charge in [-0.25, -0.2) is 0 Å². The van der Waals surface area contributed by atoms with Gasteiger partial charge in [-0.1, -0.05) is 58.0 Å². The van der Waals surface area contributed by atoms with Crippen LogP contribution in [0.1, 0.15) is 33.3 Å². The Hall–Kier alpha value is -1.28. The Morgan fingerprint density at radius 2 is 1.69 bits per heavy atom. The van der Waals surface area contributed by atoms with Gasteiger partial charge in [-0.15, -0.1) is 0 Å². The molecule has 1 N–H and O–H groups in total. The van der Waals surface area contributed by atoms with E-state index in [0.29, 0.717) is 0 Å². The third-order valence-electron chi connectivity index (χ3n) is 1.54. The van der Waals surface area contributed by atoms with Crippen molar-refractivity contribution in [2.24, 2.45) is 0 Å². The van der Waals surface area contributed by atoms with Gasteiger partial charge in [0.25, 0.3) is 0 Å². The molecule has 0 saturated heterocycles. The van der Waals surface area contributed by atoms with Gasteiger partial charge in [0.2, 0.25) is 0 Å². The number of para-hydroxylation sites is 1. The molecule has 0 heterocycles. The SMILES string of the molecule is CC.CC.COc1ccccc1/C=C\CO. The molecule has 92 valence electrons. The van der Waals surface area contributed by atoms with Crippen molar-refractivity contribution in [3.8, 4) is 5.75 Å². The molecule has 0 spiro atoms. The quantitative estimate of drug-likeness (QED) is 0.847. The lowest BCUT2D eigenvalue weighted by molar-refractivity contribution is 0.343. The van der Waals surface area contributed by atoms with Crippen LogP contribution in [0.15, 0.2) is 30.3 Å². The van der Waals surface area contributed by atoms with Gasteiger partial charge in [0.1, 0.15) is 5.75 Å². The normalized spacial score (nSPS) is 8.62. The molecule has 0 aromatic heterocycles. The zero-order valence-corrected chi connectivity index (χ0v) is 11.0. The van der Waals surface area contributed by atoms with Crippen molar-refractivity contribution in [2.75, 3.05) is 13.7 Å². The topological polar surface area (TPSA) is 29.5 Å². The highest BCUT2D eigenvalue weighted by Crippen LogP contribution is 2.18. The van der Waals surface area contributed by atoms with Gasteiger partial charge in [0.15, 0.2) is 0 Å². The Bertz CT molecular complexity index is 267. The summed E-state index contributed by atoms with van der Waals surface area (Å²) in [4.78, 5) is 0. The lowest BCUT2D eigenvalue weighted by atomic mass is 10.2. The summed E-state index contributed by atoms with van der Waals surface area (Å²) >= 11 is 0. The van der Waals surface area contributed by atoms with E-state index in [4.69, 9.17) is 9.84 Å². The first-order valence-corrected chi connectivity index (χ1v) is 5.79. The molecule has 0 amide bonds. The fraction of sp³-hybridized carbons (Fsp3) is 0.429. The minimum absolute atomic E-state index is 0.0536. The molecular formula is C14H24O2. The smallest absolute Gasteiger partial charge is 0.126 e. The van der Waals surface area contributed by atoms with Crippen LogP contribution in [0.5, 0.6) is 5.75 Å². The summed E-state index contributed by atoms with van der Waals surface area (Å²) in [7, 11) is 1.63. The van der Waals surface area contributed by atoms with Crippen LogP contribution in [0.3, 0.4) is 0 Å². The second kappa shape index (κ2) is 13.7. The summed E-state index contributed by atoms with van der Waals surface area (Å²) in [5.74, 6) is 0.821. The number of ether oxygens (including phenoxy) is 1. The van der Waals surface area contributed by atoms with E-state index in [1.54, 1.807) is 13.2 Å². The molecule has 1 aromatic carbocycles. The highest BCUT2D eigenvalue weighted by Gasteiger charge is 1.94. The van der Waals surface area contributed by atoms with Crippen LogP contribution in [0, 0.1) is 0 Å². The van der Waals surface area contributed by atoms with E-state index in [2.05, 4.69) is 0 Å². The van der Waals surface area contributed by atoms with Crippen LogP contribution < -0.4 is 4.74 Å². The van der Waals surface area contributed by atoms with Crippen molar-refractivity contribution in [1.29, 1.82) is 0 Å². The predicted molar refractivity (Wildman–Crippen MR) is 71.8 cm³/mol. The first-order chi connectivity index (χ1) is 7.88. The highest BCUT2D eigenvalue weighted by molar-refractivity contribution is 5.56. The molecular weight excluding hydrogens is 200 g/mol. The van der Waals surface area contributed by atoms with Crippen LogP contribution in [0.4, 0.5) is 0 Å². The van der Waals surface area contributed by atoms with E-state index in [1.807, 2.05) is 58.0 Å². The summed E-state index contributed by atoms with van der Waals surface area (Å²) in [5, 5.41) is 8.56. The first-order valence-electron chi connectivity index (χ1n) is 5.79. The van der Waals surface area contributed by atoms with Crippen LogP contribution in [0.25, 0.3) is 6.08 Å². The van der Waals surface area contributed by atoms with Crippen LogP contribution in [-0.2, 0) is 0 Å². The fourth-order valence-electron chi connectivity index (χ4n) is 0.984. The molecule has 0 bridgehead atoms. The molecule has 1 rings (SSSR count). The van der Waals surface area contributed by atoms with Gasteiger partial charge in [-0.3, -0.25) is 0 Å². The number of aliphatic hydroxyl groups is 1. The predicted octanol–water partition coefficient (Wildman–Crippen LogP) is 3.75. The number of methoxy groups -OCH3 is 1. The van der Waals surface area contributed by atoms with Crippen LogP contribution in [-0.4, -0.2) is 18.8 Å². The summed E-state index contributed by atoms with van der Waals surface area (Å²) in [6.45, 7) is 8.05. The molecule has 0 aliphatic heterocycles. The summed E-state index contributed by atoms with van der Waals surface area (Å²) in [6.07, 6.45) is 3.51. The monoisotopic (exact) mass is 224 g/mol. The lowest BCUT2D eigenvalue weighted by Crippen LogP contribution is -1.85. The molecule has 2 nitrogen and oxygen atoms in total. The van der Waals surface area contributed by atoms with E-state index < -0.39 is 0 Å². The van der Waals surface area contributed by atoms with E-state index in [0.717, 1.165) is 11.3 Å². The second-order valence-corrected chi connectivity index (χ2v) is 2.33. The van der Waals surface area contributed by atoms with Gasteiger partial charge in [-0.2, -0.15) is 0 Å². The maximum absolute atomic E-state index is 8.56. The maximum atomic E-state index is 8.56. The van der Waals surface area contributed by atoms with E-state index in [-0.39, 0.29) is 6.61 Å². The maximum Gasteiger partial charge on any atom is 0.126 e. The Morgan fingerprint density at radius 1 is 1.12 bits per heavy atom. The van der Waals surface area contributed by atoms with Crippen molar-refractivity contribution in [2.45, 2.75) is 27.7 Å². The van der Waals surface area contributed by atoms with Crippen molar-refractivity contribution in [3.63, 3.8) is 0 Å². The number of benzene rings is 1. The Kier molecular flexibility index (Phi) is 14.7. The average Bonchev–Trinajstić information content (AvgIpc) is 2.41. The standard InChI is InChI=1S/C10H12O2.2C2H6/c1-12-10-7-3-2-5-9(10)6-4-8-11;2*1-2/h2-7,11H,8H2,1H3;2*1-2H3/b6-4-;;. The molecule has 1 aromatic rings. The van der Waals surface area contributed by atoms with Crippen molar-refractivity contribution >= 4 is 6.08 Å². The minimum Gasteiger partial charge on any atom is -0.496 e. The van der Waals surface area contributed by atoms with Crippen LogP contribution in [0.2, 0.25) is 0 Å². The Labute approximate surface area is 99.6 Å². The molecule has 0 radical (unpaired) electrons. The van der Waals surface area contributed by atoms with E-state index in [1.165, 1.54) is 0 Å². The molecule has 16 heavy (non-hydrogen) atoms. The number of rotatable bonds is 3. The van der Waals surface area contributed by atoms with E-state index >= 15 is 0 Å². The molecule has 0 saturated carbocycles. The third kappa shape index (κ3) is 7.07. The average molecular weight is 224 g/mol. The number of hydrogen-bond donors (Lipinski definition) is 1. The van der Waals surface area contributed by atoms with Gasteiger partial charge >= 0.3 is 0 Å². The third-order valence-corrected chi connectivity index (χ3v) is 1.54. The van der Waals surface area contributed by atoms with Crippen molar-refractivity contribution in [1.82, 2.24) is 0 Å². The molecule has 0 fully saturated rings. The summed E-state index contributed by atoms with van der Waals surface area (Å²) < 4.78 is 5.11. The van der Waals surface area contributed by atoms with Crippen molar-refractivity contribution < 1.29 is 9.84 Å². The zero-order valence-electron chi connectivity index (χ0n) is 11.0. The Morgan fingerprint density at radius 3 is 2.19 bits per heavy atom. The largest absolute Gasteiger partial charge is 0.496 e.